The van der Waals surface area contributed by atoms with E-state index in [1.54, 1.807) is 53.4 Å². The van der Waals surface area contributed by atoms with Crippen molar-refractivity contribution in [3.8, 4) is 0 Å². The molecule has 1 atom stereocenters. The van der Waals surface area contributed by atoms with Gasteiger partial charge < -0.3 is 15.5 Å². The molecule has 3 amide bonds. The molecule has 1 aliphatic heterocycles. The van der Waals surface area contributed by atoms with Crippen molar-refractivity contribution >= 4 is 35.0 Å². The molecule has 0 aliphatic carbocycles. The predicted molar refractivity (Wildman–Crippen MR) is 113 cm³/mol. The minimum atomic E-state index is -0.438. The van der Waals surface area contributed by atoms with Gasteiger partial charge in [0.1, 0.15) is 6.04 Å². The first kappa shape index (κ1) is 20.9. The van der Waals surface area contributed by atoms with E-state index in [0.717, 1.165) is 6.42 Å². The van der Waals surface area contributed by atoms with Gasteiger partial charge in [0.2, 0.25) is 5.91 Å². The van der Waals surface area contributed by atoms with E-state index in [2.05, 4.69) is 10.6 Å². The lowest BCUT2D eigenvalue weighted by atomic mass is 10.1. The number of nitrogens with zero attached hydrogens (tertiary/aromatic N) is 1. The van der Waals surface area contributed by atoms with E-state index < -0.39 is 6.04 Å². The van der Waals surface area contributed by atoms with Crippen LogP contribution in [0.25, 0.3) is 0 Å². The summed E-state index contributed by atoms with van der Waals surface area (Å²) in [4.78, 5) is 39.2. The Hall–Kier alpha value is -2.86. The van der Waals surface area contributed by atoms with Crippen molar-refractivity contribution < 1.29 is 14.4 Å². The Morgan fingerprint density at radius 2 is 1.79 bits per heavy atom. The monoisotopic (exact) mass is 413 g/mol. The molecule has 1 heterocycles. The van der Waals surface area contributed by atoms with Gasteiger partial charge in [-0.1, -0.05) is 17.7 Å². The maximum atomic E-state index is 12.9. The second-order valence-electron chi connectivity index (χ2n) is 7.36. The van der Waals surface area contributed by atoms with Crippen molar-refractivity contribution in [3.63, 3.8) is 0 Å². The standard InChI is InChI=1S/C22H24ClN3O3/c1-14(2)24-21(28)19-7-4-12-26(19)22(29)15-8-10-18(11-9-15)25-20(27)16-5-3-6-17(23)13-16/h3,5-6,8-11,13-14,19H,4,7,12H2,1-2H3,(H,24,28)(H,25,27). The highest BCUT2D eigenvalue weighted by Gasteiger charge is 2.34. The Morgan fingerprint density at radius 3 is 2.45 bits per heavy atom. The van der Waals surface area contributed by atoms with Crippen LogP contribution in [0, 0.1) is 0 Å². The summed E-state index contributed by atoms with van der Waals surface area (Å²) in [7, 11) is 0. The summed E-state index contributed by atoms with van der Waals surface area (Å²) in [5.74, 6) is -0.577. The van der Waals surface area contributed by atoms with E-state index in [4.69, 9.17) is 11.6 Å². The van der Waals surface area contributed by atoms with E-state index in [0.29, 0.717) is 34.8 Å². The first-order chi connectivity index (χ1) is 13.8. The van der Waals surface area contributed by atoms with Gasteiger partial charge in [-0.3, -0.25) is 14.4 Å². The summed E-state index contributed by atoms with van der Waals surface area (Å²) in [5.41, 5.74) is 1.51. The van der Waals surface area contributed by atoms with Gasteiger partial charge in [-0.2, -0.15) is 0 Å². The number of likely N-dealkylation sites (tertiary alicyclic amines) is 1. The quantitative estimate of drug-likeness (QED) is 0.784. The Kier molecular flexibility index (Phi) is 6.54. The molecule has 0 spiro atoms. The molecule has 2 N–H and O–H groups in total. The van der Waals surface area contributed by atoms with Crippen LogP contribution in [0.1, 0.15) is 47.4 Å². The number of benzene rings is 2. The lowest BCUT2D eigenvalue weighted by Gasteiger charge is -2.25. The molecule has 1 saturated heterocycles. The molecule has 6 nitrogen and oxygen atoms in total. The normalized spacial score (nSPS) is 16.0. The SMILES string of the molecule is CC(C)NC(=O)C1CCCN1C(=O)c1ccc(NC(=O)c2cccc(Cl)c2)cc1. The molecule has 7 heteroatoms. The van der Waals surface area contributed by atoms with Crippen LogP contribution < -0.4 is 10.6 Å². The van der Waals surface area contributed by atoms with E-state index in [-0.39, 0.29) is 23.8 Å². The van der Waals surface area contributed by atoms with Crippen LogP contribution in [-0.2, 0) is 4.79 Å². The van der Waals surface area contributed by atoms with Crippen molar-refractivity contribution in [1.82, 2.24) is 10.2 Å². The van der Waals surface area contributed by atoms with Gasteiger partial charge in [-0.25, -0.2) is 0 Å². The number of hydrogen-bond donors (Lipinski definition) is 2. The lowest BCUT2D eigenvalue weighted by molar-refractivity contribution is -0.125. The van der Waals surface area contributed by atoms with Crippen LogP contribution in [0.4, 0.5) is 5.69 Å². The number of carbonyl (C=O) groups is 3. The Bertz CT molecular complexity index is 912. The minimum absolute atomic E-state index is 0.0300. The fourth-order valence-corrected chi connectivity index (χ4v) is 3.55. The molecule has 1 fully saturated rings. The summed E-state index contributed by atoms with van der Waals surface area (Å²) >= 11 is 5.92. The zero-order valence-corrected chi connectivity index (χ0v) is 17.2. The van der Waals surface area contributed by atoms with Crippen LogP contribution in [0.3, 0.4) is 0 Å². The van der Waals surface area contributed by atoms with E-state index in [9.17, 15) is 14.4 Å². The maximum absolute atomic E-state index is 12.9. The third-order valence-electron chi connectivity index (χ3n) is 4.72. The van der Waals surface area contributed by atoms with Crippen molar-refractivity contribution in [2.45, 2.75) is 38.8 Å². The fourth-order valence-electron chi connectivity index (χ4n) is 3.36. The van der Waals surface area contributed by atoms with Gasteiger partial charge in [0.25, 0.3) is 11.8 Å². The first-order valence-electron chi connectivity index (χ1n) is 9.63. The largest absolute Gasteiger partial charge is 0.352 e. The molecule has 0 bridgehead atoms. The van der Waals surface area contributed by atoms with Crippen LogP contribution >= 0.6 is 11.6 Å². The minimum Gasteiger partial charge on any atom is -0.352 e. The van der Waals surface area contributed by atoms with Gasteiger partial charge in [-0.05, 0) is 69.2 Å². The molecular formula is C22H24ClN3O3. The molecule has 0 saturated carbocycles. The van der Waals surface area contributed by atoms with Gasteiger partial charge in [-0.15, -0.1) is 0 Å². The maximum Gasteiger partial charge on any atom is 0.255 e. The molecule has 152 valence electrons. The van der Waals surface area contributed by atoms with Crippen LogP contribution in [-0.4, -0.2) is 41.2 Å². The van der Waals surface area contributed by atoms with Crippen molar-refractivity contribution in [1.29, 1.82) is 0 Å². The Balaban J connectivity index is 1.67. The van der Waals surface area contributed by atoms with Crippen molar-refractivity contribution in [3.05, 3.63) is 64.7 Å². The molecule has 2 aromatic carbocycles. The zero-order chi connectivity index (χ0) is 21.0. The first-order valence-corrected chi connectivity index (χ1v) is 10.0. The Labute approximate surface area is 175 Å². The highest BCUT2D eigenvalue weighted by molar-refractivity contribution is 6.31. The molecule has 0 aromatic heterocycles. The number of halogens is 1. The molecule has 3 rings (SSSR count). The third-order valence-corrected chi connectivity index (χ3v) is 4.96. The Morgan fingerprint density at radius 1 is 1.07 bits per heavy atom. The van der Waals surface area contributed by atoms with E-state index >= 15 is 0 Å². The smallest absolute Gasteiger partial charge is 0.255 e. The van der Waals surface area contributed by atoms with E-state index in [1.165, 1.54) is 0 Å². The van der Waals surface area contributed by atoms with Crippen LogP contribution in [0.2, 0.25) is 5.02 Å². The summed E-state index contributed by atoms with van der Waals surface area (Å²) in [6.45, 7) is 4.35. The lowest BCUT2D eigenvalue weighted by Crippen LogP contribution is -2.47. The predicted octanol–water partition coefficient (Wildman–Crippen LogP) is 3.72. The summed E-state index contributed by atoms with van der Waals surface area (Å²) in [6.07, 6.45) is 1.47. The van der Waals surface area contributed by atoms with Crippen LogP contribution in [0.5, 0.6) is 0 Å². The molecular weight excluding hydrogens is 390 g/mol. The zero-order valence-electron chi connectivity index (χ0n) is 16.4. The second-order valence-corrected chi connectivity index (χ2v) is 7.80. The van der Waals surface area contributed by atoms with Crippen molar-refractivity contribution in [2.24, 2.45) is 0 Å². The van der Waals surface area contributed by atoms with E-state index in [1.807, 2.05) is 13.8 Å². The number of carbonyl (C=O) groups excluding carboxylic acids is 3. The topological polar surface area (TPSA) is 78.5 Å². The number of nitrogens with one attached hydrogen (secondary N) is 2. The number of amides is 3. The summed E-state index contributed by atoms with van der Waals surface area (Å²) in [5, 5.41) is 6.15. The van der Waals surface area contributed by atoms with Gasteiger partial charge >= 0.3 is 0 Å². The number of rotatable bonds is 5. The highest BCUT2D eigenvalue weighted by atomic mass is 35.5. The summed E-state index contributed by atoms with van der Waals surface area (Å²) in [6, 6.07) is 12.9. The third kappa shape index (κ3) is 5.15. The second kappa shape index (κ2) is 9.09. The van der Waals surface area contributed by atoms with Crippen LogP contribution in [0.15, 0.2) is 48.5 Å². The van der Waals surface area contributed by atoms with Crippen molar-refractivity contribution in [2.75, 3.05) is 11.9 Å². The highest BCUT2D eigenvalue weighted by Crippen LogP contribution is 2.22. The molecule has 29 heavy (non-hydrogen) atoms. The molecule has 2 aromatic rings. The molecule has 0 radical (unpaired) electrons. The number of anilines is 1. The van der Waals surface area contributed by atoms with Gasteiger partial charge in [0.15, 0.2) is 0 Å². The average molecular weight is 414 g/mol. The average Bonchev–Trinajstić information content (AvgIpc) is 3.17. The molecule has 1 unspecified atom stereocenters. The fraction of sp³-hybridized carbons (Fsp3) is 0.318. The summed E-state index contributed by atoms with van der Waals surface area (Å²) < 4.78 is 0. The number of hydrogen-bond acceptors (Lipinski definition) is 3. The van der Waals surface area contributed by atoms with Gasteiger partial charge in [0.05, 0.1) is 0 Å². The van der Waals surface area contributed by atoms with Gasteiger partial charge in [0, 0.05) is 34.4 Å². The molecule has 1 aliphatic rings.